The third-order valence-corrected chi connectivity index (χ3v) is 5.08. The van der Waals surface area contributed by atoms with Crippen LogP contribution < -0.4 is 15.5 Å². The molecular formula is C23H24N3O3+. The van der Waals surface area contributed by atoms with E-state index in [4.69, 9.17) is 4.42 Å². The van der Waals surface area contributed by atoms with Crippen LogP contribution in [0.2, 0.25) is 0 Å². The highest BCUT2D eigenvalue weighted by molar-refractivity contribution is 5.96. The van der Waals surface area contributed by atoms with Crippen molar-refractivity contribution in [2.24, 2.45) is 0 Å². The fourth-order valence-corrected chi connectivity index (χ4v) is 3.63. The van der Waals surface area contributed by atoms with Crippen LogP contribution in [0.4, 0.5) is 11.4 Å². The van der Waals surface area contributed by atoms with Crippen LogP contribution in [-0.4, -0.2) is 24.9 Å². The Morgan fingerprint density at radius 3 is 2.52 bits per heavy atom. The Morgan fingerprint density at radius 1 is 1.07 bits per heavy atom. The standard InChI is InChI=1S/C23H23N3O3/c27-21(25-18-10-12-19(13-11-18)26-14-4-9-22(26)28)16-24-23(20-8-5-15-29-20)17-6-2-1-3-7-17/h1-3,5-8,10-13,15,23-24H,4,9,14,16H2,(H,25,27)/p+1/t23-/m0/s1. The minimum absolute atomic E-state index is 0.0829. The zero-order chi connectivity index (χ0) is 20.1. The quantitative estimate of drug-likeness (QED) is 0.651. The van der Waals surface area contributed by atoms with E-state index in [-0.39, 0.29) is 24.4 Å². The van der Waals surface area contributed by atoms with Crippen LogP contribution in [0.25, 0.3) is 0 Å². The van der Waals surface area contributed by atoms with Gasteiger partial charge in [-0.25, -0.2) is 0 Å². The number of amides is 2. The van der Waals surface area contributed by atoms with Crippen molar-refractivity contribution in [1.29, 1.82) is 0 Å². The van der Waals surface area contributed by atoms with Crippen molar-refractivity contribution in [2.75, 3.05) is 23.3 Å². The first-order chi connectivity index (χ1) is 14.2. The lowest BCUT2D eigenvalue weighted by Crippen LogP contribution is -2.87. The number of hydrogen-bond acceptors (Lipinski definition) is 3. The fraction of sp³-hybridized carbons (Fsp3) is 0.217. The van der Waals surface area contributed by atoms with Crippen LogP contribution in [0.3, 0.4) is 0 Å². The molecule has 1 aliphatic heterocycles. The molecule has 0 spiro atoms. The van der Waals surface area contributed by atoms with E-state index in [1.807, 2.05) is 72.0 Å². The lowest BCUT2D eigenvalue weighted by atomic mass is 10.0. The molecule has 0 aliphatic carbocycles. The molecular weight excluding hydrogens is 366 g/mol. The number of anilines is 2. The van der Waals surface area contributed by atoms with Gasteiger partial charge in [-0.05, 0) is 42.8 Å². The average molecular weight is 390 g/mol. The van der Waals surface area contributed by atoms with Gasteiger partial charge in [-0.2, -0.15) is 0 Å². The molecule has 0 unspecified atom stereocenters. The van der Waals surface area contributed by atoms with E-state index in [2.05, 4.69) is 5.32 Å². The predicted octanol–water partition coefficient (Wildman–Crippen LogP) is 2.70. The molecule has 6 heteroatoms. The second-order valence-electron chi connectivity index (χ2n) is 7.09. The summed E-state index contributed by atoms with van der Waals surface area (Å²) in [5, 5.41) is 4.88. The smallest absolute Gasteiger partial charge is 0.279 e. The molecule has 3 aromatic rings. The second-order valence-corrected chi connectivity index (χ2v) is 7.09. The lowest BCUT2D eigenvalue weighted by molar-refractivity contribution is -0.678. The van der Waals surface area contributed by atoms with Crippen LogP contribution in [0, 0.1) is 0 Å². The Kier molecular flexibility index (Phi) is 5.72. The van der Waals surface area contributed by atoms with Gasteiger partial charge in [-0.3, -0.25) is 9.59 Å². The number of carbonyl (C=O) groups excluding carboxylic acids is 2. The summed E-state index contributed by atoms with van der Waals surface area (Å²) in [5.41, 5.74) is 2.67. The first kappa shape index (κ1) is 19.0. The maximum atomic E-state index is 12.5. The zero-order valence-electron chi connectivity index (χ0n) is 16.1. The van der Waals surface area contributed by atoms with Crippen molar-refractivity contribution < 1.29 is 19.3 Å². The lowest BCUT2D eigenvalue weighted by Gasteiger charge is -2.16. The van der Waals surface area contributed by atoms with E-state index in [0.29, 0.717) is 12.1 Å². The zero-order valence-corrected chi connectivity index (χ0v) is 16.1. The summed E-state index contributed by atoms with van der Waals surface area (Å²) < 4.78 is 5.58. The Hall–Kier alpha value is -3.38. The highest BCUT2D eigenvalue weighted by Gasteiger charge is 2.22. The molecule has 148 valence electrons. The summed E-state index contributed by atoms with van der Waals surface area (Å²) >= 11 is 0. The average Bonchev–Trinajstić information content (AvgIpc) is 3.42. The van der Waals surface area contributed by atoms with Gasteiger partial charge in [0, 0.05) is 29.9 Å². The van der Waals surface area contributed by atoms with Gasteiger partial charge in [0.05, 0.1) is 6.26 Å². The third-order valence-electron chi connectivity index (χ3n) is 5.08. The van der Waals surface area contributed by atoms with E-state index < -0.39 is 0 Å². The first-order valence-electron chi connectivity index (χ1n) is 9.82. The van der Waals surface area contributed by atoms with Crippen molar-refractivity contribution in [2.45, 2.75) is 18.9 Å². The summed E-state index contributed by atoms with van der Waals surface area (Å²) in [6, 6.07) is 21.1. The van der Waals surface area contributed by atoms with Crippen molar-refractivity contribution in [3.63, 3.8) is 0 Å². The van der Waals surface area contributed by atoms with Crippen LogP contribution in [0.1, 0.15) is 30.2 Å². The second kappa shape index (κ2) is 8.75. The molecule has 0 saturated carbocycles. The molecule has 2 aromatic carbocycles. The van der Waals surface area contributed by atoms with Crippen molar-refractivity contribution in [1.82, 2.24) is 0 Å². The predicted molar refractivity (Wildman–Crippen MR) is 110 cm³/mol. The van der Waals surface area contributed by atoms with Crippen LogP contribution in [0.15, 0.2) is 77.4 Å². The summed E-state index contributed by atoms with van der Waals surface area (Å²) in [7, 11) is 0. The van der Waals surface area contributed by atoms with Gasteiger partial charge < -0.3 is 20.0 Å². The van der Waals surface area contributed by atoms with Crippen LogP contribution in [-0.2, 0) is 9.59 Å². The highest BCUT2D eigenvalue weighted by Crippen LogP contribution is 2.23. The molecule has 2 amide bonds. The van der Waals surface area contributed by atoms with Crippen molar-refractivity contribution in [3.8, 4) is 0 Å². The molecule has 3 N–H and O–H groups in total. The largest absolute Gasteiger partial charge is 0.463 e. The Morgan fingerprint density at radius 2 is 1.86 bits per heavy atom. The minimum Gasteiger partial charge on any atom is -0.463 e. The Bertz CT molecular complexity index is 953. The number of furan rings is 1. The molecule has 0 radical (unpaired) electrons. The molecule has 1 saturated heterocycles. The monoisotopic (exact) mass is 390 g/mol. The molecule has 0 bridgehead atoms. The third kappa shape index (κ3) is 4.55. The number of rotatable bonds is 7. The van der Waals surface area contributed by atoms with Crippen molar-refractivity contribution >= 4 is 23.2 Å². The number of carbonyl (C=O) groups is 2. The van der Waals surface area contributed by atoms with E-state index in [1.54, 1.807) is 11.2 Å². The van der Waals surface area contributed by atoms with E-state index in [9.17, 15) is 9.59 Å². The number of nitrogens with one attached hydrogen (secondary N) is 1. The topological polar surface area (TPSA) is 79.2 Å². The molecule has 6 nitrogen and oxygen atoms in total. The highest BCUT2D eigenvalue weighted by atomic mass is 16.3. The SMILES string of the molecule is O=C(C[NH2+][C@@H](c1ccccc1)c1ccco1)Nc1ccc(N2CCCC2=O)cc1. The molecule has 1 aliphatic rings. The number of nitrogens with zero attached hydrogens (tertiary/aromatic N) is 1. The van der Waals surface area contributed by atoms with Crippen LogP contribution in [0.5, 0.6) is 0 Å². The van der Waals surface area contributed by atoms with Gasteiger partial charge in [0.25, 0.3) is 5.91 Å². The molecule has 2 heterocycles. The van der Waals surface area contributed by atoms with Crippen molar-refractivity contribution in [3.05, 3.63) is 84.3 Å². The number of quaternary nitrogens is 1. The van der Waals surface area contributed by atoms with Crippen LogP contribution >= 0.6 is 0 Å². The molecule has 1 atom stereocenters. The molecule has 4 rings (SSSR count). The van der Waals surface area contributed by atoms with E-state index in [0.717, 1.165) is 30.0 Å². The van der Waals surface area contributed by atoms with Gasteiger partial charge in [-0.15, -0.1) is 0 Å². The summed E-state index contributed by atoms with van der Waals surface area (Å²) in [6.07, 6.45) is 3.14. The van der Waals surface area contributed by atoms with E-state index >= 15 is 0 Å². The fourth-order valence-electron chi connectivity index (χ4n) is 3.63. The van der Waals surface area contributed by atoms with Gasteiger partial charge in [0.15, 0.2) is 18.3 Å². The summed E-state index contributed by atoms with van der Waals surface area (Å²) in [6.45, 7) is 1.01. The van der Waals surface area contributed by atoms with Gasteiger partial charge >= 0.3 is 0 Å². The van der Waals surface area contributed by atoms with Gasteiger partial charge in [0.1, 0.15) is 0 Å². The summed E-state index contributed by atoms with van der Waals surface area (Å²) in [4.78, 5) is 26.1. The molecule has 1 fully saturated rings. The maximum Gasteiger partial charge on any atom is 0.279 e. The van der Waals surface area contributed by atoms with Gasteiger partial charge in [0.2, 0.25) is 5.91 Å². The Labute approximate surface area is 169 Å². The molecule has 29 heavy (non-hydrogen) atoms. The first-order valence-corrected chi connectivity index (χ1v) is 9.82. The van der Waals surface area contributed by atoms with Gasteiger partial charge in [-0.1, -0.05) is 30.3 Å². The minimum atomic E-state index is -0.0949. The normalized spacial score (nSPS) is 14.8. The molecule has 1 aromatic heterocycles. The Balaban J connectivity index is 1.37. The number of hydrogen-bond donors (Lipinski definition) is 2. The van der Waals surface area contributed by atoms with E-state index in [1.165, 1.54) is 0 Å². The number of nitrogens with two attached hydrogens (primary N) is 1. The maximum absolute atomic E-state index is 12.5. The number of benzene rings is 2. The summed E-state index contributed by atoms with van der Waals surface area (Å²) in [5.74, 6) is 0.868.